The smallest absolute Gasteiger partial charge is 0.119 e. The highest BCUT2D eigenvalue weighted by atomic mass is 16.3. The van der Waals surface area contributed by atoms with Crippen molar-refractivity contribution in [3.05, 3.63) is 95.1 Å². The van der Waals surface area contributed by atoms with Crippen molar-refractivity contribution in [1.29, 1.82) is 0 Å². The zero-order valence-corrected chi connectivity index (χ0v) is 14.0. The summed E-state index contributed by atoms with van der Waals surface area (Å²) in [5.41, 5.74) is 3.69. The molecule has 0 spiro atoms. The molecule has 2 N–H and O–H groups in total. The molecular weight excluding hydrogens is 296 g/mol. The lowest BCUT2D eigenvalue weighted by atomic mass is 9.87. The SMILES string of the molecule is CC(c1ccccc1)c1cc(O)c(C(C)c2ccccc2)cc1O. The molecule has 2 unspecified atom stereocenters. The van der Waals surface area contributed by atoms with Crippen LogP contribution in [0.5, 0.6) is 11.5 Å². The molecule has 24 heavy (non-hydrogen) atoms. The molecule has 0 radical (unpaired) electrons. The lowest BCUT2D eigenvalue weighted by molar-refractivity contribution is 0.445. The predicted octanol–water partition coefficient (Wildman–Crippen LogP) is 5.40. The van der Waals surface area contributed by atoms with Gasteiger partial charge < -0.3 is 10.2 Å². The van der Waals surface area contributed by atoms with E-state index in [0.29, 0.717) is 0 Å². The number of hydrogen-bond acceptors (Lipinski definition) is 2. The molecule has 0 amide bonds. The van der Waals surface area contributed by atoms with Crippen molar-refractivity contribution in [1.82, 2.24) is 0 Å². The molecule has 0 saturated heterocycles. The van der Waals surface area contributed by atoms with E-state index in [-0.39, 0.29) is 23.3 Å². The van der Waals surface area contributed by atoms with Gasteiger partial charge in [0, 0.05) is 23.0 Å². The summed E-state index contributed by atoms with van der Waals surface area (Å²) >= 11 is 0. The lowest BCUT2D eigenvalue weighted by Crippen LogP contribution is -2.00. The Hall–Kier alpha value is -2.74. The third-order valence-corrected chi connectivity index (χ3v) is 4.71. The van der Waals surface area contributed by atoms with Gasteiger partial charge in [-0.05, 0) is 23.3 Å². The quantitative estimate of drug-likeness (QED) is 0.632. The van der Waals surface area contributed by atoms with Gasteiger partial charge in [0.2, 0.25) is 0 Å². The van der Waals surface area contributed by atoms with Crippen LogP contribution in [0.1, 0.15) is 47.9 Å². The van der Waals surface area contributed by atoms with Crippen LogP contribution in [0.15, 0.2) is 72.8 Å². The first-order chi connectivity index (χ1) is 11.6. The summed E-state index contributed by atoms with van der Waals surface area (Å²) in [7, 11) is 0. The number of hydrogen-bond donors (Lipinski definition) is 2. The second kappa shape index (κ2) is 6.79. The van der Waals surface area contributed by atoms with Gasteiger partial charge in [-0.3, -0.25) is 0 Å². The molecule has 0 fully saturated rings. The van der Waals surface area contributed by atoms with Crippen molar-refractivity contribution in [2.24, 2.45) is 0 Å². The van der Waals surface area contributed by atoms with Crippen LogP contribution in [0.25, 0.3) is 0 Å². The second-order valence-electron chi connectivity index (χ2n) is 6.23. The van der Waals surface area contributed by atoms with Gasteiger partial charge in [-0.2, -0.15) is 0 Å². The summed E-state index contributed by atoms with van der Waals surface area (Å²) in [5, 5.41) is 21.1. The fourth-order valence-corrected chi connectivity index (χ4v) is 3.15. The normalized spacial score (nSPS) is 13.4. The molecule has 2 heteroatoms. The number of phenols is 2. The molecule has 0 aliphatic heterocycles. The summed E-state index contributed by atoms with van der Waals surface area (Å²) in [6.45, 7) is 4.06. The highest BCUT2D eigenvalue weighted by Gasteiger charge is 2.19. The number of benzene rings is 3. The fourth-order valence-electron chi connectivity index (χ4n) is 3.15. The topological polar surface area (TPSA) is 40.5 Å². The molecule has 0 aromatic heterocycles. The second-order valence-corrected chi connectivity index (χ2v) is 6.23. The van der Waals surface area contributed by atoms with E-state index in [0.717, 1.165) is 22.3 Å². The standard InChI is InChI=1S/C22H22O2/c1-15(17-9-5-3-6-10-17)19-13-22(24)20(14-21(19)23)16(2)18-11-7-4-8-12-18/h3-16,23-24H,1-2H3. The van der Waals surface area contributed by atoms with Gasteiger partial charge in [0.1, 0.15) is 11.5 Å². The third-order valence-electron chi connectivity index (χ3n) is 4.71. The van der Waals surface area contributed by atoms with E-state index in [4.69, 9.17) is 0 Å². The van der Waals surface area contributed by atoms with Crippen molar-refractivity contribution < 1.29 is 10.2 Å². The first-order valence-corrected chi connectivity index (χ1v) is 8.23. The third kappa shape index (κ3) is 3.13. The van der Waals surface area contributed by atoms with Crippen LogP contribution in [-0.4, -0.2) is 10.2 Å². The van der Waals surface area contributed by atoms with E-state index in [1.165, 1.54) is 0 Å². The van der Waals surface area contributed by atoms with Crippen LogP contribution in [0.2, 0.25) is 0 Å². The Kier molecular flexibility index (Phi) is 4.57. The van der Waals surface area contributed by atoms with E-state index in [9.17, 15) is 10.2 Å². The minimum absolute atomic E-state index is 0.0122. The zero-order valence-electron chi connectivity index (χ0n) is 14.0. The molecular formula is C22H22O2. The predicted molar refractivity (Wildman–Crippen MR) is 97.7 cm³/mol. The maximum Gasteiger partial charge on any atom is 0.119 e. The number of phenolic OH excluding ortho intramolecular Hbond substituents is 2. The molecule has 0 heterocycles. The minimum atomic E-state index is 0.0122. The zero-order chi connectivity index (χ0) is 17.1. The maximum atomic E-state index is 10.5. The summed E-state index contributed by atoms with van der Waals surface area (Å²) in [4.78, 5) is 0. The Morgan fingerprint density at radius 1 is 0.583 bits per heavy atom. The van der Waals surface area contributed by atoms with Crippen molar-refractivity contribution in [2.75, 3.05) is 0 Å². The Morgan fingerprint density at radius 2 is 0.917 bits per heavy atom. The molecule has 0 aliphatic rings. The van der Waals surface area contributed by atoms with Gasteiger partial charge in [0.05, 0.1) is 0 Å². The molecule has 2 nitrogen and oxygen atoms in total. The van der Waals surface area contributed by atoms with E-state index < -0.39 is 0 Å². The monoisotopic (exact) mass is 318 g/mol. The van der Waals surface area contributed by atoms with Crippen LogP contribution < -0.4 is 0 Å². The molecule has 0 saturated carbocycles. The first kappa shape index (κ1) is 16.1. The van der Waals surface area contributed by atoms with E-state index in [2.05, 4.69) is 0 Å². The molecule has 0 aliphatic carbocycles. The fraction of sp³-hybridized carbons (Fsp3) is 0.182. The largest absolute Gasteiger partial charge is 0.508 e. The lowest BCUT2D eigenvalue weighted by Gasteiger charge is -2.19. The van der Waals surface area contributed by atoms with Gasteiger partial charge in [0.25, 0.3) is 0 Å². The van der Waals surface area contributed by atoms with Gasteiger partial charge >= 0.3 is 0 Å². The highest BCUT2D eigenvalue weighted by Crippen LogP contribution is 2.39. The molecule has 3 aromatic carbocycles. The van der Waals surface area contributed by atoms with Crippen LogP contribution in [0.3, 0.4) is 0 Å². The number of rotatable bonds is 4. The molecule has 3 rings (SSSR count). The van der Waals surface area contributed by atoms with E-state index in [1.807, 2.05) is 74.5 Å². The van der Waals surface area contributed by atoms with Crippen molar-refractivity contribution in [3.63, 3.8) is 0 Å². The summed E-state index contributed by atoms with van der Waals surface area (Å²) < 4.78 is 0. The summed E-state index contributed by atoms with van der Waals surface area (Å²) in [5.74, 6) is 0.472. The van der Waals surface area contributed by atoms with Gasteiger partial charge in [-0.15, -0.1) is 0 Å². The minimum Gasteiger partial charge on any atom is -0.508 e. The van der Waals surface area contributed by atoms with Crippen LogP contribution in [0, 0.1) is 0 Å². The van der Waals surface area contributed by atoms with Crippen molar-refractivity contribution >= 4 is 0 Å². The molecule has 3 aromatic rings. The molecule has 0 bridgehead atoms. The van der Waals surface area contributed by atoms with E-state index >= 15 is 0 Å². The summed E-state index contributed by atoms with van der Waals surface area (Å²) in [6.07, 6.45) is 0. The van der Waals surface area contributed by atoms with Crippen LogP contribution >= 0.6 is 0 Å². The van der Waals surface area contributed by atoms with Crippen LogP contribution in [-0.2, 0) is 0 Å². The molecule has 2 atom stereocenters. The summed E-state index contributed by atoms with van der Waals surface area (Å²) in [6, 6.07) is 23.4. The Balaban J connectivity index is 1.97. The average Bonchev–Trinajstić information content (AvgIpc) is 2.63. The average molecular weight is 318 g/mol. The highest BCUT2D eigenvalue weighted by molar-refractivity contribution is 5.52. The van der Waals surface area contributed by atoms with Crippen molar-refractivity contribution in [3.8, 4) is 11.5 Å². The molecule has 122 valence electrons. The Morgan fingerprint density at radius 3 is 1.25 bits per heavy atom. The van der Waals surface area contributed by atoms with Gasteiger partial charge in [-0.25, -0.2) is 0 Å². The van der Waals surface area contributed by atoms with Gasteiger partial charge in [-0.1, -0.05) is 74.5 Å². The van der Waals surface area contributed by atoms with Crippen molar-refractivity contribution in [2.45, 2.75) is 25.7 Å². The van der Waals surface area contributed by atoms with Gasteiger partial charge in [0.15, 0.2) is 0 Å². The maximum absolute atomic E-state index is 10.5. The van der Waals surface area contributed by atoms with E-state index in [1.54, 1.807) is 12.1 Å². The first-order valence-electron chi connectivity index (χ1n) is 8.23. The van der Waals surface area contributed by atoms with Crippen LogP contribution in [0.4, 0.5) is 0 Å². The number of aromatic hydroxyl groups is 2. The Bertz CT molecular complexity index is 739. The Labute approximate surface area is 143 Å².